The third-order valence-corrected chi connectivity index (χ3v) is 10.4. The van der Waals surface area contributed by atoms with Crippen molar-refractivity contribution in [3.63, 3.8) is 0 Å². The molecule has 8 nitrogen and oxygen atoms in total. The van der Waals surface area contributed by atoms with Crippen LogP contribution in [0.2, 0.25) is 0 Å². The number of nitrogens with one attached hydrogen (secondary N) is 2. The number of hydrogen-bond donors (Lipinski definition) is 2. The van der Waals surface area contributed by atoms with Gasteiger partial charge in [-0.1, -0.05) is 55.7 Å². The molecule has 1 unspecified atom stereocenters. The van der Waals surface area contributed by atoms with Crippen molar-refractivity contribution in [1.29, 1.82) is 0 Å². The zero-order valence-corrected chi connectivity index (χ0v) is 25.0. The highest BCUT2D eigenvalue weighted by molar-refractivity contribution is 6.09. The van der Waals surface area contributed by atoms with Gasteiger partial charge in [0.2, 0.25) is 12.1 Å². The second-order valence-corrected chi connectivity index (χ2v) is 13.3. The zero-order chi connectivity index (χ0) is 29.6. The first-order chi connectivity index (χ1) is 20.9. The lowest BCUT2D eigenvalue weighted by Gasteiger charge is -2.48. The van der Waals surface area contributed by atoms with E-state index >= 15 is 0 Å². The first-order valence-corrected chi connectivity index (χ1v) is 16.0. The molecular formula is C35H41N5O3. The van der Waals surface area contributed by atoms with Gasteiger partial charge in [0.1, 0.15) is 5.69 Å². The van der Waals surface area contributed by atoms with E-state index in [1.54, 1.807) is 12.3 Å². The second kappa shape index (κ2) is 11.3. The van der Waals surface area contributed by atoms with Gasteiger partial charge >= 0.3 is 0 Å². The van der Waals surface area contributed by atoms with Crippen LogP contribution < -0.4 is 10.2 Å². The summed E-state index contributed by atoms with van der Waals surface area (Å²) in [4.78, 5) is 54.2. The molecule has 0 radical (unpaired) electrons. The Labute approximate surface area is 252 Å². The summed E-state index contributed by atoms with van der Waals surface area (Å²) in [5.74, 6) is 0.672. The fourth-order valence-corrected chi connectivity index (χ4v) is 8.09. The van der Waals surface area contributed by atoms with E-state index in [2.05, 4.69) is 20.2 Å². The van der Waals surface area contributed by atoms with Crippen LogP contribution >= 0.6 is 0 Å². The lowest BCUT2D eigenvalue weighted by atomic mass is 9.76. The molecule has 43 heavy (non-hydrogen) atoms. The Balaban J connectivity index is 1.23. The number of fused-ring (bicyclic) bond motifs is 6. The molecule has 2 aromatic carbocycles. The van der Waals surface area contributed by atoms with Gasteiger partial charge in [0.05, 0.1) is 17.6 Å². The molecule has 224 valence electrons. The lowest BCUT2D eigenvalue weighted by Crippen LogP contribution is -2.60. The number of carbonyl (C=O) groups excluding carboxylic acids is 3. The third kappa shape index (κ3) is 5.25. The molecule has 5 aliphatic rings. The Morgan fingerprint density at radius 2 is 1.70 bits per heavy atom. The van der Waals surface area contributed by atoms with Gasteiger partial charge in [0.25, 0.3) is 11.8 Å². The summed E-state index contributed by atoms with van der Waals surface area (Å²) in [6.07, 6.45) is 10.3. The number of aromatic nitrogens is 1. The molecular weight excluding hydrogens is 538 g/mol. The Morgan fingerprint density at radius 1 is 0.977 bits per heavy atom. The average molecular weight is 580 g/mol. The summed E-state index contributed by atoms with van der Waals surface area (Å²) in [7, 11) is 0. The number of H-pyrrole nitrogens is 1. The molecule has 4 heterocycles. The van der Waals surface area contributed by atoms with Crippen LogP contribution in [-0.4, -0.2) is 58.6 Å². The molecule has 0 spiro atoms. The second-order valence-electron chi connectivity index (χ2n) is 13.3. The number of carbonyl (C=O) groups is 3. The fourth-order valence-electron chi connectivity index (χ4n) is 8.09. The van der Waals surface area contributed by atoms with Crippen molar-refractivity contribution in [2.24, 2.45) is 16.8 Å². The topological polar surface area (TPSA) is 97.9 Å². The summed E-state index contributed by atoms with van der Waals surface area (Å²) in [5.41, 5.74) is 3.17. The summed E-state index contributed by atoms with van der Waals surface area (Å²) in [5, 5.41) is 3.84. The number of para-hydroxylation sites is 2. The highest BCUT2D eigenvalue weighted by Crippen LogP contribution is 2.44. The fraction of sp³-hybridized carbons (Fsp3) is 0.486. The largest absolute Gasteiger partial charge is 0.351 e. The van der Waals surface area contributed by atoms with Gasteiger partial charge in [-0.05, 0) is 75.0 Å². The summed E-state index contributed by atoms with van der Waals surface area (Å²) in [6.45, 7) is 3.68. The highest BCUT2D eigenvalue weighted by Gasteiger charge is 2.48. The molecule has 1 atom stereocenters. The minimum atomic E-state index is -1.10. The molecule has 4 fully saturated rings. The zero-order valence-electron chi connectivity index (χ0n) is 25.0. The first kappa shape index (κ1) is 27.9. The molecule has 3 aromatic rings. The number of aliphatic imine (C=N–C) groups is 1. The number of nitrogens with zero attached hydrogens (tertiary/aromatic N) is 3. The van der Waals surface area contributed by atoms with Crippen LogP contribution in [0.25, 0.3) is 10.9 Å². The van der Waals surface area contributed by atoms with Gasteiger partial charge in [-0.2, -0.15) is 0 Å². The Bertz CT molecular complexity index is 1530. The number of rotatable bonds is 5. The number of aromatic amines is 1. The van der Waals surface area contributed by atoms with Crippen LogP contribution in [0.5, 0.6) is 0 Å². The number of anilines is 1. The van der Waals surface area contributed by atoms with Crippen LogP contribution in [0.4, 0.5) is 5.69 Å². The summed E-state index contributed by atoms with van der Waals surface area (Å²) in [6, 6.07) is 15.5. The quantitative estimate of drug-likeness (QED) is 0.403. The van der Waals surface area contributed by atoms with Gasteiger partial charge in [-0.15, -0.1) is 0 Å². The SMILES string of the molecule is Cc1cccc2c1N(C1(CC(=O)N3CC4CCC(CC4)C3)CCCCC1)C(=O)C(NC(=O)c1cc3ccccc3[nH]1)N=C2. The van der Waals surface area contributed by atoms with Crippen molar-refractivity contribution in [2.45, 2.75) is 82.8 Å². The number of benzene rings is 2. The van der Waals surface area contributed by atoms with Crippen molar-refractivity contribution in [2.75, 3.05) is 18.0 Å². The van der Waals surface area contributed by atoms with Crippen molar-refractivity contribution in [3.8, 4) is 0 Å². The molecule has 2 bridgehead atoms. The van der Waals surface area contributed by atoms with Crippen molar-refractivity contribution in [1.82, 2.24) is 15.2 Å². The maximum absolute atomic E-state index is 14.7. The van der Waals surface area contributed by atoms with Crippen molar-refractivity contribution in [3.05, 3.63) is 65.4 Å². The Kier molecular flexibility index (Phi) is 7.31. The summed E-state index contributed by atoms with van der Waals surface area (Å²) < 4.78 is 0. The summed E-state index contributed by atoms with van der Waals surface area (Å²) >= 11 is 0. The molecule has 1 aromatic heterocycles. The number of hydrogen-bond acceptors (Lipinski definition) is 4. The monoisotopic (exact) mass is 579 g/mol. The molecule has 2 saturated carbocycles. The van der Waals surface area contributed by atoms with E-state index < -0.39 is 11.7 Å². The van der Waals surface area contributed by atoms with Gasteiger partial charge in [0, 0.05) is 35.8 Å². The van der Waals surface area contributed by atoms with Crippen LogP contribution in [0, 0.1) is 18.8 Å². The van der Waals surface area contributed by atoms with Crippen LogP contribution in [-0.2, 0) is 9.59 Å². The van der Waals surface area contributed by atoms with Crippen molar-refractivity contribution < 1.29 is 14.4 Å². The van der Waals surface area contributed by atoms with Gasteiger partial charge in [-0.3, -0.25) is 19.4 Å². The molecule has 2 aliphatic carbocycles. The van der Waals surface area contributed by atoms with E-state index in [1.807, 2.05) is 54.3 Å². The molecule has 3 amide bonds. The average Bonchev–Trinajstić information content (AvgIpc) is 3.11. The smallest absolute Gasteiger partial charge is 0.272 e. The minimum absolute atomic E-state index is 0.160. The molecule has 8 heteroatoms. The van der Waals surface area contributed by atoms with E-state index in [1.165, 1.54) is 25.7 Å². The van der Waals surface area contributed by atoms with E-state index in [0.717, 1.165) is 72.9 Å². The van der Waals surface area contributed by atoms with E-state index in [4.69, 9.17) is 0 Å². The molecule has 3 aliphatic heterocycles. The predicted molar refractivity (Wildman–Crippen MR) is 168 cm³/mol. The van der Waals surface area contributed by atoms with Gasteiger partial charge in [0.15, 0.2) is 0 Å². The first-order valence-electron chi connectivity index (χ1n) is 16.0. The van der Waals surface area contributed by atoms with Crippen LogP contribution in [0.15, 0.2) is 53.5 Å². The maximum atomic E-state index is 14.7. The Hall–Kier alpha value is -3.94. The van der Waals surface area contributed by atoms with Crippen LogP contribution in [0.1, 0.15) is 85.8 Å². The number of benzodiazepines with no additional fused rings is 1. The highest BCUT2D eigenvalue weighted by atomic mass is 16.2. The lowest BCUT2D eigenvalue weighted by molar-refractivity contribution is -0.134. The van der Waals surface area contributed by atoms with Gasteiger partial charge < -0.3 is 20.1 Å². The maximum Gasteiger partial charge on any atom is 0.272 e. The Morgan fingerprint density at radius 3 is 2.42 bits per heavy atom. The standard InChI is InChI=1S/C35H41N5O3/c1-23-8-7-10-27-20-36-32(38-33(42)29-18-26-9-3-4-11-28(26)37-29)34(43)40(31(23)27)35(16-5-2-6-17-35)19-30(41)39-21-24-12-13-25(22-39)15-14-24/h3-4,7-11,18,20,24-25,32,37H,2,5-6,12-17,19,21-22H2,1H3,(H,38,42). The normalized spacial score (nSPS) is 24.9. The predicted octanol–water partition coefficient (Wildman–Crippen LogP) is 5.74. The molecule has 2 saturated heterocycles. The minimum Gasteiger partial charge on any atom is -0.351 e. The van der Waals surface area contributed by atoms with Gasteiger partial charge in [-0.25, -0.2) is 0 Å². The number of aryl methyl sites for hydroxylation is 1. The van der Waals surface area contributed by atoms with Crippen molar-refractivity contribution >= 4 is 40.5 Å². The third-order valence-electron chi connectivity index (χ3n) is 10.4. The molecule has 8 rings (SSSR count). The van der Waals surface area contributed by atoms with Crippen LogP contribution in [0.3, 0.4) is 0 Å². The van der Waals surface area contributed by atoms with E-state index in [0.29, 0.717) is 24.0 Å². The van der Waals surface area contributed by atoms with E-state index in [-0.39, 0.29) is 17.7 Å². The molecule has 2 N–H and O–H groups in total. The number of amides is 3. The van der Waals surface area contributed by atoms with E-state index in [9.17, 15) is 14.4 Å².